The van der Waals surface area contributed by atoms with E-state index in [1.807, 2.05) is 0 Å². The van der Waals surface area contributed by atoms with Crippen molar-refractivity contribution in [3.8, 4) is 5.75 Å². The van der Waals surface area contributed by atoms with Gasteiger partial charge in [0.25, 0.3) is 0 Å². The maximum absolute atomic E-state index is 5.79. The third-order valence-electron chi connectivity index (χ3n) is 3.69. The lowest BCUT2D eigenvalue weighted by atomic mass is 9.89. The van der Waals surface area contributed by atoms with Crippen LogP contribution >= 0.6 is 0 Å². The molecule has 2 rings (SSSR count). The molecule has 2 heteroatoms. The van der Waals surface area contributed by atoms with Crippen LogP contribution in [0.1, 0.15) is 52.0 Å². The van der Waals surface area contributed by atoms with E-state index < -0.39 is 0 Å². The number of nitrogens with one attached hydrogen (secondary N) is 1. The highest BCUT2D eigenvalue weighted by Gasteiger charge is 2.31. The first-order valence-corrected chi connectivity index (χ1v) is 7.12. The maximum Gasteiger partial charge on any atom is 0.119 e. The molecule has 3 atom stereocenters. The number of rotatable bonds is 4. The maximum atomic E-state index is 5.79. The van der Waals surface area contributed by atoms with E-state index >= 15 is 0 Å². The Balaban J connectivity index is 2.17. The Morgan fingerprint density at radius 3 is 2.83 bits per heavy atom. The SMILES string of the molecule is CCC1NC(C)CC1c1cccc(OC(C)C)c1. The molecule has 18 heavy (non-hydrogen) atoms. The van der Waals surface area contributed by atoms with Gasteiger partial charge in [-0.2, -0.15) is 0 Å². The van der Waals surface area contributed by atoms with Crippen LogP contribution in [0.4, 0.5) is 0 Å². The molecule has 0 bridgehead atoms. The quantitative estimate of drug-likeness (QED) is 0.875. The van der Waals surface area contributed by atoms with Gasteiger partial charge in [0, 0.05) is 18.0 Å². The van der Waals surface area contributed by atoms with Crippen LogP contribution in [0.5, 0.6) is 5.75 Å². The van der Waals surface area contributed by atoms with Gasteiger partial charge >= 0.3 is 0 Å². The third kappa shape index (κ3) is 3.05. The summed E-state index contributed by atoms with van der Waals surface area (Å²) >= 11 is 0. The summed E-state index contributed by atoms with van der Waals surface area (Å²) in [5, 5.41) is 3.67. The lowest BCUT2D eigenvalue weighted by Crippen LogP contribution is -2.28. The van der Waals surface area contributed by atoms with Gasteiger partial charge in [-0.3, -0.25) is 0 Å². The van der Waals surface area contributed by atoms with Crippen molar-refractivity contribution in [1.29, 1.82) is 0 Å². The number of hydrogen-bond donors (Lipinski definition) is 1. The summed E-state index contributed by atoms with van der Waals surface area (Å²) in [7, 11) is 0. The minimum Gasteiger partial charge on any atom is -0.491 e. The summed E-state index contributed by atoms with van der Waals surface area (Å²) in [5.74, 6) is 1.62. The molecule has 1 aliphatic rings. The fourth-order valence-corrected chi connectivity index (χ4v) is 2.96. The van der Waals surface area contributed by atoms with E-state index in [-0.39, 0.29) is 6.10 Å². The monoisotopic (exact) mass is 247 g/mol. The summed E-state index contributed by atoms with van der Waals surface area (Å²) < 4.78 is 5.79. The van der Waals surface area contributed by atoms with Crippen LogP contribution in [-0.2, 0) is 0 Å². The normalized spacial score (nSPS) is 27.7. The highest BCUT2D eigenvalue weighted by atomic mass is 16.5. The van der Waals surface area contributed by atoms with E-state index in [1.54, 1.807) is 0 Å². The lowest BCUT2D eigenvalue weighted by Gasteiger charge is -2.19. The molecule has 1 aliphatic heterocycles. The summed E-state index contributed by atoms with van der Waals surface area (Å²) in [4.78, 5) is 0. The van der Waals surface area contributed by atoms with Crippen molar-refractivity contribution < 1.29 is 4.74 Å². The Kier molecular flexibility index (Phi) is 4.28. The first-order valence-electron chi connectivity index (χ1n) is 7.12. The van der Waals surface area contributed by atoms with Crippen LogP contribution in [-0.4, -0.2) is 18.2 Å². The van der Waals surface area contributed by atoms with E-state index in [1.165, 1.54) is 18.4 Å². The van der Waals surface area contributed by atoms with E-state index in [9.17, 15) is 0 Å². The van der Waals surface area contributed by atoms with Gasteiger partial charge in [0.1, 0.15) is 5.75 Å². The van der Waals surface area contributed by atoms with Crippen LogP contribution < -0.4 is 10.1 Å². The molecule has 1 aromatic rings. The van der Waals surface area contributed by atoms with Crippen LogP contribution in [0.2, 0.25) is 0 Å². The molecule has 1 N–H and O–H groups in total. The van der Waals surface area contributed by atoms with Gasteiger partial charge in [0.05, 0.1) is 6.10 Å². The second-order valence-electron chi connectivity index (χ2n) is 5.66. The molecular weight excluding hydrogens is 222 g/mol. The molecule has 1 fully saturated rings. The lowest BCUT2D eigenvalue weighted by molar-refractivity contribution is 0.242. The van der Waals surface area contributed by atoms with Gasteiger partial charge < -0.3 is 10.1 Å². The van der Waals surface area contributed by atoms with Crippen LogP contribution in [0.15, 0.2) is 24.3 Å². The molecule has 0 saturated carbocycles. The zero-order chi connectivity index (χ0) is 13.1. The van der Waals surface area contributed by atoms with E-state index in [0.717, 1.165) is 5.75 Å². The number of ether oxygens (including phenoxy) is 1. The summed E-state index contributed by atoms with van der Waals surface area (Å²) in [6.45, 7) is 8.68. The van der Waals surface area contributed by atoms with Crippen molar-refractivity contribution in [1.82, 2.24) is 5.32 Å². The first kappa shape index (κ1) is 13.4. The van der Waals surface area contributed by atoms with E-state index in [0.29, 0.717) is 18.0 Å². The Morgan fingerprint density at radius 2 is 2.17 bits per heavy atom. The van der Waals surface area contributed by atoms with Gasteiger partial charge in [-0.25, -0.2) is 0 Å². The molecule has 1 saturated heterocycles. The second kappa shape index (κ2) is 5.75. The number of hydrogen-bond acceptors (Lipinski definition) is 2. The standard InChI is InChI=1S/C16H25NO/c1-5-16-15(9-12(4)17-16)13-7-6-8-14(10-13)18-11(2)3/h6-8,10-12,15-17H,5,9H2,1-4H3. The molecule has 0 aliphatic carbocycles. The van der Waals surface area contributed by atoms with Gasteiger partial charge in [-0.05, 0) is 51.3 Å². The average Bonchev–Trinajstić information content (AvgIpc) is 2.70. The smallest absolute Gasteiger partial charge is 0.119 e. The zero-order valence-electron chi connectivity index (χ0n) is 11.9. The topological polar surface area (TPSA) is 21.3 Å². The van der Waals surface area contributed by atoms with Crippen molar-refractivity contribution in [3.05, 3.63) is 29.8 Å². The molecule has 0 aromatic heterocycles. The van der Waals surface area contributed by atoms with Crippen molar-refractivity contribution in [2.45, 2.75) is 64.6 Å². The zero-order valence-corrected chi connectivity index (χ0v) is 11.9. The third-order valence-corrected chi connectivity index (χ3v) is 3.69. The van der Waals surface area contributed by atoms with E-state index in [2.05, 4.69) is 57.3 Å². The summed E-state index contributed by atoms with van der Waals surface area (Å²) in [6, 6.07) is 9.84. The molecule has 2 nitrogen and oxygen atoms in total. The van der Waals surface area contributed by atoms with Crippen LogP contribution in [0, 0.1) is 0 Å². The average molecular weight is 247 g/mol. The van der Waals surface area contributed by atoms with E-state index in [4.69, 9.17) is 4.74 Å². The van der Waals surface area contributed by atoms with Crippen molar-refractivity contribution in [2.75, 3.05) is 0 Å². The summed E-state index contributed by atoms with van der Waals surface area (Å²) in [5.41, 5.74) is 1.41. The molecule has 0 spiro atoms. The predicted octanol–water partition coefficient (Wildman–Crippen LogP) is 3.72. The molecule has 3 unspecified atom stereocenters. The Bertz CT molecular complexity index is 388. The van der Waals surface area contributed by atoms with Crippen LogP contribution in [0.3, 0.4) is 0 Å². The predicted molar refractivity (Wildman–Crippen MR) is 76.2 cm³/mol. The Morgan fingerprint density at radius 1 is 1.39 bits per heavy atom. The van der Waals surface area contributed by atoms with Gasteiger partial charge in [-0.15, -0.1) is 0 Å². The minimum absolute atomic E-state index is 0.239. The molecule has 1 heterocycles. The Labute approximate surface area is 111 Å². The van der Waals surface area contributed by atoms with Crippen molar-refractivity contribution in [3.63, 3.8) is 0 Å². The van der Waals surface area contributed by atoms with Gasteiger partial charge in [0.2, 0.25) is 0 Å². The molecule has 100 valence electrons. The largest absolute Gasteiger partial charge is 0.491 e. The molecule has 1 aromatic carbocycles. The van der Waals surface area contributed by atoms with Crippen molar-refractivity contribution in [2.24, 2.45) is 0 Å². The first-order chi connectivity index (χ1) is 8.60. The highest BCUT2D eigenvalue weighted by molar-refractivity contribution is 5.32. The Hall–Kier alpha value is -1.02. The molecule has 0 amide bonds. The number of benzene rings is 1. The second-order valence-corrected chi connectivity index (χ2v) is 5.66. The fourth-order valence-electron chi connectivity index (χ4n) is 2.96. The highest BCUT2D eigenvalue weighted by Crippen LogP contribution is 2.33. The fraction of sp³-hybridized carbons (Fsp3) is 0.625. The summed E-state index contributed by atoms with van der Waals surface area (Å²) in [6.07, 6.45) is 2.65. The van der Waals surface area contributed by atoms with Gasteiger partial charge in [0.15, 0.2) is 0 Å². The molecule has 0 radical (unpaired) electrons. The van der Waals surface area contributed by atoms with Gasteiger partial charge in [-0.1, -0.05) is 19.1 Å². The molecular formula is C16H25NO. The van der Waals surface area contributed by atoms with Crippen molar-refractivity contribution >= 4 is 0 Å². The van der Waals surface area contributed by atoms with Crippen LogP contribution in [0.25, 0.3) is 0 Å². The minimum atomic E-state index is 0.239.